The molecule has 3 rings (SSSR count). The highest BCUT2D eigenvalue weighted by Gasteiger charge is 2.37. The number of aromatic nitrogens is 2. The molecule has 0 unspecified atom stereocenters. The zero-order chi connectivity index (χ0) is 13.4. The monoisotopic (exact) mass is 282 g/mol. The van der Waals surface area contributed by atoms with E-state index in [4.69, 9.17) is 4.74 Å². The van der Waals surface area contributed by atoms with Crippen molar-refractivity contribution >= 4 is 17.6 Å². The molecule has 0 bridgehead atoms. The molecule has 6 nitrogen and oxygen atoms in total. The van der Waals surface area contributed by atoms with E-state index in [2.05, 4.69) is 25.9 Å². The van der Waals surface area contributed by atoms with Crippen LogP contribution >= 0.6 is 11.7 Å². The maximum atomic E-state index is 12.1. The molecule has 3 heterocycles. The Morgan fingerprint density at radius 3 is 3.05 bits per heavy atom. The van der Waals surface area contributed by atoms with Gasteiger partial charge in [0.15, 0.2) is 5.69 Å². The molecule has 2 aliphatic rings. The minimum Gasteiger partial charge on any atom is -0.376 e. The number of hydrogen-bond donors (Lipinski definition) is 1. The number of amides is 1. The number of aryl methyl sites for hydroxylation is 1. The maximum absolute atomic E-state index is 12.1. The standard InChI is InChI=1S/C12H18N4O2S/c1-7-4-16-5-9(3-10(16)6-18-7)13-12(17)11-8(2)14-19-15-11/h7,9-10H,3-6H2,1-2H3,(H,13,17)/t7-,9+,10-/m0/s1. The number of nitrogens with zero attached hydrogens (tertiary/aromatic N) is 3. The minimum atomic E-state index is -0.106. The lowest BCUT2D eigenvalue weighted by molar-refractivity contribution is -0.0390. The molecule has 1 amide bonds. The molecule has 3 atom stereocenters. The van der Waals surface area contributed by atoms with Gasteiger partial charge in [0.1, 0.15) is 0 Å². The van der Waals surface area contributed by atoms with Gasteiger partial charge in [-0.05, 0) is 20.3 Å². The zero-order valence-electron chi connectivity index (χ0n) is 11.1. The third kappa shape index (κ3) is 2.63. The lowest BCUT2D eigenvalue weighted by Gasteiger charge is -2.33. The molecule has 2 aliphatic heterocycles. The van der Waals surface area contributed by atoms with Crippen molar-refractivity contribution in [3.8, 4) is 0 Å². The van der Waals surface area contributed by atoms with E-state index in [-0.39, 0.29) is 18.1 Å². The van der Waals surface area contributed by atoms with Crippen LogP contribution in [-0.4, -0.2) is 57.4 Å². The summed E-state index contributed by atoms with van der Waals surface area (Å²) in [7, 11) is 0. The maximum Gasteiger partial charge on any atom is 0.273 e. The number of rotatable bonds is 2. The summed E-state index contributed by atoms with van der Waals surface area (Å²) in [5.41, 5.74) is 1.16. The van der Waals surface area contributed by atoms with Crippen molar-refractivity contribution in [1.82, 2.24) is 19.0 Å². The molecule has 2 fully saturated rings. The summed E-state index contributed by atoms with van der Waals surface area (Å²) in [6.07, 6.45) is 1.24. The van der Waals surface area contributed by atoms with E-state index in [0.29, 0.717) is 17.4 Å². The normalized spacial score (nSPS) is 31.2. The number of ether oxygens (including phenoxy) is 1. The summed E-state index contributed by atoms with van der Waals surface area (Å²) in [6.45, 7) is 6.53. The predicted molar refractivity (Wildman–Crippen MR) is 71.3 cm³/mol. The van der Waals surface area contributed by atoms with Crippen LogP contribution in [0.5, 0.6) is 0 Å². The van der Waals surface area contributed by atoms with Crippen LogP contribution in [0, 0.1) is 6.92 Å². The van der Waals surface area contributed by atoms with Crippen LogP contribution in [0.25, 0.3) is 0 Å². The number of fused-ring (bicyclic) bond motifs is 1. The highest BCUT2D eigenvalue weighted by molar-refractivity contribution is 6.99. The largest absolute Gasteiger partial charge is 0.376 e. The van der Waals surface area contributed by atoms with Crippen molar-refractivity contribution in [2.45, 2.75) is 38.5 Å². The summed E-state index contributed by atoms with van der Waals surface area (Å²) < 4.78 is 13.7. The summed E-state index contributed by atoms with van der Waals surface area (Å²) in [5.74, 6) is -0.106. The van der Waals surface area contributed by atoms with Gasteiger partial charge in [0.05, 0.1) is 30.1 Å². The first-order chi connectivity index (χ1) is 9.13. The van der Waals surface area contributed by atoms with E-state index in [1.165, 1.54) is 0 Å². The van der Waals surface area contributed by atoms with E-state index >= 15 is 0 Å². The van der Waals surface area contributed by atoms with Gasteiger partial charge in [-0.25, -0.2) is 0 Å². The smallest absolute Gasteiger partial charge is 0.273 e. The quantitative estimate of drug-likeness (QED) is 0.852. The Morgan fingerprint density at radius 2 is 2.32 bits per heavy atom. The molecule has 0 radical (unpaired) electrons. The Balaban J connectivity index is 1.60. The topological polar surface area (TPSA) is 67.3 Å². The fourth-order valence-electron chi connectivity index (χ4n) is 2.84. The number of carbonyl (C=O) groups excluding carboxylic acids is 1. The molecule has 104 valence electrons. The molecule has 2 saturated heterocycles. The van der Waals surface area contributed by atoms with Gasteiger partial charge in [-0.3, -0.25) is 9.69 Å². The van der Waals surface area contributed by atoms with Crippen molar-refractivity contribution in [2.24, 2.45) is 0 Å². The van der Waals surface area contributed by atoms with Crippen LogP contribution in [0.3, 0.4) is 0 Å². The van der Waals surface area contributed by atoms with Crippen molar-refractivity contribution < 1.29 is 9.53 Å². The van der Waals surface area contributed by atoms with Crippen molar-refractivity contribution in [3.05, 3.63) is 11.4 Å². The number of hydrogen-bond acceptors (Lipinski definition) is 6. The van der Waals surface area contributed by atoms with Gasteiger partial charge < -0.3 is 10.1 Å². The van der Waals surface area contributed by atoms with Gasteiger partial charge in [0.25, 0.3) is 5.91 Å². The minimum absolute atomic E-state index is 0.106. The van der Waals surface area contributed by atoms with E-state index < -0.39 is 0 Å². The molecule has 0 aliphatic carbocycles. The number of nitrogens with one attached hydrogen (secondary N) is 1. The first kappa shape index (κ1) is 13.0. The van der Waals surface area contributed by atoms with Gasteiger partial charge in [0, 0.05) is 25.2 Å². The van der Waals surface area contributed by atoms with Crippen molar-refractivity contribution in [1.29, 1.82) is 0 Å². The van der Waals surface area contributed by atoms with E-state index in [9.17, 15) is 4.79 Å². The number of carbonyl (C=O) groups is 1. The fourth-order valence-corrected chi connectivity index (χ4v) is 3.38. The molecule has 0 saturated carbocycles. The second-order valence-corrected chi connectivity index (χ2v) is 5.88. The second kappa shape index (κ2) is 5.15. The van der Waals surface area contributed by atoms with E-state index in [1.807, 2.05) is 6.92 Å². The van der Waals surface area contributed by atoms with Crippen molar-refractivity contribution in [2.75, 3.05) is 19.7 Å². The van der Waals surface area contributed by atoms with Crippen LogP contribution in [0.4, 0.5) is 0 Å². The fraction of sp³-hybridized carbons (Fsp3) is 0.750. The average Bonchev–Trinajstić information content (AvgIpc) is 2.94. The summed E-state index contributed by atoms with van der Waals surface area (Å²) in [5, 5.41) is 3.06. The SMILES string of the molecule is Cc1nsnc1C(=O)N[C@@H]1C[C@H]2CO[C@@H](C)CN2C1. The molecule has 7 heteroatoms. The Kier molecular flexibility index (Phi) is 3.51. The van der Waals surface area contributed by atoms with Crippen LogP contribution < -0.4 is 5.32 Å². The lowest BCUT2D eigenvalue weighted by atomic mass is 10.1. The molecule has 1 aromatic rings. The van der Waals surface area contributed by atoms with Gasteiger partial charge >= 0.3 is 0 Å². The average molecular weight is 282 g/mol. The highest BCUT2D eigenvalue weighted by atomic mass is 32.1. The van der Waals surface area contributed by atoms with Gasteiger partial charge in [0.2, 0.25) is 0 Å². The molecular weight excluding hydrogens is 264 g/mol. The van der Waals surface area contributed by atoms with Gasteiger partial charge in [-0.15, -0.1) is 0 Å². The summed E-state index contributed by atoms with van der Waals surface area (Å²) in [6, 6.07) is 0.628. The molecule has 1 N–H and O–H groups in total. The zero-order valence-corrected chi connectivity index (χ0v) is 11.9. The molecular formula is C12H18N4O2S. The van der Waals surface area contributed by atoms with Crippen LogP contribution in [0.2, 0.25) is 0 Å². The van der Waals surface area contributed by atoms with E-state index in [0.717, 1.165) is 37.8 Å². The Hall–Kier alpha value is -1.05. The highest BCUT2D eigenvalue weighted by Crippen LogP contribution is 2.23. The van der Waals surface area contributed by atoms with Crippen LogP contribution in [-0.2, 0) is 4.74 Å². The van der Waals surface area contributed by atoms with Gasteiger partial charge in [-0.1, -0.05) is 0 Å². The van der Waals surface area contributed by atoms with Gasteiger partial charge in [-0.2, -0.15) is 8.75 Å². The second-order valence-electron chi connectivity index (χ2n) is 5.36. The van der Waals surface area contributed by atoms with E-state index in [1.54, 1.807) is 0 Å². The van der Waals surface area contributed by atoms with Crippen molar-refractivity contribution in [3.63, 3.8) is 0 Å². The Labute approximate surface area is 116 Å². The molecule has 0 aromatic carbocycles. The number of morpholine rings is 1. The Bertz CT molecular complexity index is 478. The lowest BCUT2D eigenvalue weighted by Crippen LogP contribution is -2.45. The molecule has 19 heavy (non-hydrogen) atoms. The predicted octanol–water partition coefficient (Wildman–Crippen LogP) is 0.438. The summed E-state index contributed by atoms with van der Waals surface area (Å²) >= 11 is 1.08. The molecule has 1 aromatic heterocycles. The third-order valence-electron chi connectivity index (χ3n) is 3.80. The molecule has 0 spiro atoms. The Morgan fingerprint density at radius 1 is 1.47 bits per heavy atom. The van der Waals surface area contributed by atoms with Crippen LogP contribution in [0.15, 0.2) is 0 Å². The first-order valence-corrected chi connectivity index (χ1v) is 7.32. The first-order valence-electron chi connectivity index (χ1n) is 6.59. The third-order valence-corrected chi connectivity index (χ3v) is 4.42. The van der Waals surface area contributed by atoms with Crippen LogP contribution in [0.1, 0.15) is 29.5 Å². The summed E-state index contributed by atoms with van der Waals surface area (Å²) in [4.78, 5) is 14.5.